The van der Waals surface area contributed by atoms with Gasteiger partial charge in [-0.1, -0.05) is 28.1 Å². The van der Waals surface area contributed by atoms with Crippen LogP contribution in [0.4, 0.5) is 0 Å². The van der Waals surface area contributed by atoms with Crippen LogP contribution in [0.25, 0.3) is 0 Å². The third-order valence-electron chi connectivity index (χ3n) is 2.37. The highest BCUT2D eigenvalue weighted by atomic mass is 79.9. The first-order chi connectivity index (χ1) is 7.63. The summed E-state index contributed by atoms with van der Waals surface area (Å²) >= 11 is 3.55. The van der Waals surface area contributed by atoms with Crippen LogP contribution in [0, 0.1) is 0 Å². The van der Waals surface area contributed by atoms with Crippen molar-refractivity contribution in [3.05, 3.63) is 33.9 Å². The van der Waals surface area contributed by atoms with Crippen LogP contribution in [0.3, 0.4) is 0 Å². The molecule has 0 N–H and O–H groups in total. The molecule has 3 heteroatoms. The molecule has 0 spiro atoms. The van der Waals surface area contributed by atoms with E-state index in [9.17, 15) is 4.79 Å². The van der Waals surface area contributed by atoms with Crippen LogP contribution in [0.5, 0.6) is 0 Å². The molecule has 0 fully saturated rings. The molecule has 1 aliphatic rings. The summed E-state index contributed by atoms with van der Waals surface area (Å²) in [4.78, 5) is 11.2. The van der Waals surface area contributed by atoms with Crippen molar-refractivity contribution < 1.29 is 9.53 Å². The minimum absolute atomic E-state index is 0.274. The summed E-state index contributed by atoms with van der Waals surface area (Å²) in [5.74, 6) is -0.274. The highest BCUT2D eigenvalue weighted by Gasteiger charge is 2.08. The fraction of sp³-hybridized carbons (Fsp3) is 0.462. The summed E-state index contributed by atoms with van der Waals surface area (Å²) in [7, 11) is 0. The quantitative estimate of drug-likeness (QED) is 0.445. The van der Waals surface area contributed by atoms with Crippen LogP contribution in [0.15, 0.2) is 33.9 Å². The van der Waals surface area contributed by atoms with Crippen molar-refractivity contribution in [2.75, 3.05) is 6.61 Å². The van der Waals surface area contributed by atoms with Crippen molar-refractivity contribution in [3.63, 3.8) is 0 Å². The van der Waals surface area contributed by atoms with Gasteiger partial charge in [0.2, 0.25) is 0 Å². The maximum absolute atomic E-state index is 11.2. The second-order valence-corrected chi connectivity index (χ2v) is 4.71. The molecular formula is C13H17BrO2. The molecule has 0 aromatic rings. The Labute approximate surface area is 105 Å². The van der Waals surface area contributed by atoms with E-state index >= 15 is 0 Å². The van der Waals surface area contributed by atoms with Gasteiger partial charge in [-0.3, -0.25) is 0 Å². The first-order valence-electron chi connectivity index (χ1n) is 5.54. The summed E-state index contributed by atoms with van der Waals surface area (Å²) in [6.45, 7) is 4.12. The lowest BCUT2D eigenvalue weighted by Gasteiger charge is -1.97. The number of ether oxygens (including phenoxy) is 1. The van der Waals surface area contributed by atoms with E-state index in [2.05, 4.69) is 22.0 Å². The van der Waals surface area contributed by atoms with Crippen molar-refractivity contribution in [1.82, 2.24) is 0 Å². The number of carbonyl (C=O) groups excluding carboxylic acids is 1. The van der Waals surface area contributed by atoms with Crippen molar-refractivity contribution in [3.8, 4) is 0 Å². The molecule has 0 saturated carbocycles. The van der Waals surface area contributed by atoms with Crippen LogP contribution in [0.2, 0.25) is 0 Å². The molecule has 0 aromatic heterocycles. The van der Waals surface area contributed by atoms with Crippen LogP contribution >= 0.6 is 15.9 Å². The van der Waals surface area contributed by atoms with Gasteiger partial charge < -0.3 is 4.74 Å². The SMILES string of the molecule is CCOC(=O)C=C(C)C=CC1=C(Br)CCC1. The monoisotopic (exact) mass is 284 g/mol. The molecule has 0 saturated heterocycles. The topological polar surface area (TPSA) is 26.3 Å². The molecule has 0 bridgehead atoms. The van der Waals surface area contributed by atoms with E-state index in [4.69, 9.17) is 4.74 Å². The maximum Gasteiger partial charge on any atom is 0.330 e. The number of esters is 1. The number of halogens is 1. The molecule has 16 heavy (non-hydrogen) atoms. The number of hydrogen-bond donors (Lipinski definition) is 0. The molecule has 0 heterocycles. The highest BCUT2D eigenvalue weighted by Crippen LogP contribution is 2.31. The zero-order valence-corrected chi connectivity index (χ0v) is 11.3. The van der Waals surface area contributed by atoms with Crippen LogP contribution in [-0.4, -0.2) is 12.6 Å². The molecule has 0 amide bonds. The van der Waals surface area contributed by atoms with Gasteiger partial charge >= 0.3 is 5.97 Å². The predicted octanol–water partition coefficient (Wildman–Crippen LogP) is 3.88. The van der Waals surface area contributed by atoms with E-state index in [0.29, 0.717) is 6.61 Å². The van der Waals surface area contributed by atoms with E-state index in [1.165, 1.54) is 22.6 Å². The van der Waals surface area contributed by atoms with Gasteiger partial charge in [-0.15, -0.1) is 0 Å². The zero-order chi connectivity index (χ0) is 12.0. The molecule has 0 unspecified atom stereocenters. The fourth-order valence-electron chi connectivity index (χ4n) is 1.55. The van der Waals surface area contributed by atoms with E-state index in [-0.39, 0.29) is 5.97 Å². The summed E-state index contributed by atoms with van der Waals surface area (Å²) < 4.78 is 6.12. The van der Waals surface area contributed by atoms with Crippen molar-refractivity contribution in [2.24, 2.45) is 0 Å². The number of hydrogen-bond acceptors (Lipinski definition) is 2. The Bertz CT molecular complexity index is 351. The molecule has 0 aromatic carbocycles. The Kier molecular flexibility index (Phi) is 5.53. The second-order valence-electron chi connectivity index (χ2n) is 3.76. The standard InChI is InChI=1S/C13H17BrO2/c1-3-16-13(15)9-10(2)7-8-11-5-4-6-12(11)14/h7-9H,3-6H2,1-2H3. The Morgan fingerprint density at radius 3 is 2.81 bits per heavy atom. The first kappa shape index (κ1) is 13.2. The summed E-state index contributed by atoms with van der Waals surface area (Å²) in [5.41, 5.74) is 2.25. The minimum Gasteiger partial charge on any atom is -0.463 e. The van der Waals surface area contributed by atoms with Gasteiger partial charge in [0.25, 0.3) is 0 Å². The molecule has 1 aliphatic carbocycles. The summed E-state index contributed by atoms with van der Waals surface area (Å²) in [6, 6.07) is 0. The highest BCUT2D eigenvalue weighted by molar-refractivity contribution is 9.11. The normalized spacial score (nSPS) is 17.3. The lowest BCUT2D eigenvalue weighted by Crippen LogP contribution is -1.99. The van der Waals surface area contributed by atoms with Crippen LogP contribution in [-0.2, 0) is 9.53 Å². The van der Waals surface area contributed by atoms with Gasteiger partial charge in [0.15, 0.2) is 0 Å². The Balaban J connectivity index is 2.56. The largest absolute Gasteiger partial charge is 0.463 e. The lowest BCUT2D eigenvalue weighted by atomic mass is 10.2. The van der Waals surface area contributed by atoms with Crippen LogP contribution < -0.4 is 0 Å². The molecule has 0 atom stereocenters. The molecular weight excluding hydrogens is 268 g/mol. The van der Waals surface area contributed by atoms with Gasteiger partial charge in [0.1, 0.15) is 0 Å². The molecule has 1 rings (SSSR count). The molecule has 88 valence electrons. The van der Waals surface area contributed by atoms with E-state index in [1.807, 2.05) is 13.0 Å². The molecule has 0 aliphatic heterocycles. The first-order valence-corrected chi connectivity index (χ1v) is 6.33. The summed E-state index contributed by atoms with van der Waals surface area (Å²) in [5, 5.41) is 0. The van der Waals surface area contributed by atoms with E-state index in [0.717, 1.165) is 18.4 Å². The minimum atomic E-state index is -0.274. The third-order valence-corrected chi connectivity index (χ3v) is 3.28. The summed E-state index contributed by atoms with van der Waals surface area (Å²) in [6.07, 6.45) is 9.00. The smallest absolute Gasteiger partial charge is 0.330 e. The Morgan fingerprint density at radius 1 is 1.50 bits per heavy atom. The van der Waals surface area contributed by atoms with Gasteiger partial charge in [0, 0.05) is 6.08 Å². The predicted molar refractivity (Wildman–Crippen MR) is 69.3 cm³/mol. The second kappa shape index (κ2) is 6.69. The Hall–Kier alpha value is -0.830. The van der Waals surface area contributed by atoms with Gasteiger partial charge in [-0.25, -0.2) is 4.79 Å². The molecule has 0 radical (unpaired) electrons. The van der Waals surface area contributed by atoms with Crippen LogP contribution in [0.1, 0.15) is 33.1 Å². The van der Waals surface area contributed by atoms with Gasteiger partial charge in [-0.05, 0) is 48.7 Å². The van der Waals surface area contributed by atoms with E-state index < -0.39 is 0 Å². The third kappa shape index (κ3) is 4.35. The molecule has 2 nitrogen and oxygen atoms in total. The maximum atomic E-state index is 11.2. The van der Waals surface area contributed by atoms with Crippen molar-refractivity contribution >= 4 is 21.9 Å². The Morgan fingerprint density at radius 2 is 2.25 bits per heavy atom. The zero-order valence-electron chi connectivity index (χ0n) is 9.75. The average molecular weight is 285 g/mol. The van der Waals surface area contributed by atoms with Gasteiger partial charge in [-0.2, -0.15) is 0 Å². The van der Waals surface area contributed by atoms with Gasteiger partial charge in [0.05, 0.1) is 6.61 Å². The average Bonchev–Trinajstić information content (AvgIpc) is 2.61. The van der Waals surface area contributed by atoms with E-state index in [1.54, 1.807) is 6.92 Å². The fourth-order valence-corrected chi connectivity index (χ4v) is 2.16. The lowest BCUT2D eigenvalue weighted by molar-refractivity contribution is -0.137. The number of rotatable bonds is 4. The van der Waals surface area contributed by atoms with Crippen molar-refractivity contribution in [1.29, 1.82) is 0 Å². The van der Waals surface area contributed by atoms with Crippen molar-refractivity contribution in [2.45, 2.75) is 33.1 Å². The number of allylic oxidation sites excluding steroid dienone is 5. The number of carbonyl (C=O) groups is 1.